The van der Waals surface area contributed by atoms with Gasteiger partial charge >= 0.3 is 5.97 Å². The molecule has 3 rings (SSSR count). The SMILES string of the molecule is COC(=O)C(=O)c1ccccc1Oc1ccn(-c2ccc(Cl)cc2)n1. The summed E-state index contributed by atoms with van der Waals surface area (Å²) in [4.78, 5) is 23.5. The number of rotatable bonds is 5. The number of carbonyl (C=O) groups excluding carboxylic acids is 2. The Morgan fingerprint density at radius 2 is 1.76 bits per heavy atom. The largest absolute Gasteiger partial charge is 0.463 e. The minimum atomic E-state index is -0.956. The van der Waals surface area contributed by atoms with Crippen molar-refractivity contribution in [3.8, 4) is 17.3 Å². The summed E-state index contributed by atoms with van der Waals surface area (Å²) < 4.78 is 11.7. The molecule has 0 bridgehead atoms. The van der Waals surface area contributed by atoms with Gasteiger partial charge in [0.15, 0.2) is 0 Å². The van der Waals surface area contributed by atoms with Gasteiger partial charge in [0.1, 0.15) is 5.75 Å². The quantitative estimate of drug-likeness (QED) is 0.396. The van der Waals surface area contributed by atoms with E-state index in [0.717, 1.165) is 12.8 Å². The molecule has 0 saturated heterocycles. The normalized spacial score (nSPS) is 10.3. The van der Waals surface area contributed by atoms with E-state index in [1.165, 1.54) is 6.07 Å². The lowest BCUT2D eigenvalue weighted by molar-refractivity contribution is -0.135. The van der Waals surface area contributed by atoms with Crippen LogP contribution in [-0.2, 0) is 9.53 Å². The van der Waals surface area contributed by atoms with Gasteiger partial charge in [-0.3, -0.25) is 4.79 Å². The first-order valence-corrected chi connectivity index (χ1v) is 7.67. The molecule has 1 heterocycles. The van der Waals surface area contributed by atoms with E-state index in [-0.39, 0.29) is 17.2 Å². The fraction of sp³-hybridized carbons (Fsp3) is 0.0556. The van der Waals surface area contributed by atoms with Crippen LogP contribution in [0.2, 0.25) is 5.02 Å². The zero-order chi connectivity index (χ0) is 17.8. The lowest BCUT2D eigenvalue weighted by atomic mass is 10.1. The number of para-hydroxylation sites is 1. The minimum Gasteiger partial charge on any atom is -0.463 e. The highest BCUT2D eigenvalue weighted by Crippen LogP contribution is 2.25. The number of Topliss-reactive ketones (excluding diaryl/α,β-unsaturated/α-hetero) is 1. The molecule has 0 amide bonds. The molecule has 0 fully saturated rings. The molecule has 0 aliphatic rings. The van der Waals surface area contributed by atoms with Gasteiger partial charge in [-0.2, -0.15) is 0 Å². The maximum atomic E-state index is 12.1. The molecule has 0 radical (unpaired) electrons. The van der Waals surface area contributed by atoms with Gasteiger partial charge in [-0.1, -0.05) is 23.7 Å². The molecular formula is C18H13ClN2O4. The van der Waals surface area contributed by atoms with E-state index in [2.05, 4.69) is 9.84 Å². The molecule has 2 aromatic carbocycles. The van der Waals surface area contributed by atoms with Gasteiger partial charge in [-0.05, 0) is 36.4 Å². The van der Waals surface area contributed by atoms with Crippen LogP contribution in [0.15, 0.2) is 60.8 Å². The number of benzene rings is 2. The van der Waals surface area contributed by atoms with E-state index in [4.69, 9.17) is 16.3 Å². The molecule has 0 aliphatic carbocycles. The Morgan fingerprint density at radius 1 is 1.04 bits per heavy atom. The van der Waals surface area contributed by atoms with Gasteiger partial charge in [-0.15, -0.1) is 5.10 Å². The first kappa shape index (κ1) is 16.7. The van der Waals surface area contributed by atoms with Crippen molar-refractivity contribution in [1.29, 1.82) is 0 Å². The first-order chi connectivity index (χ1) is 12.1. The molecule has 3 aromatic rings. The maximum Gasteiger partial charge on any atom is 0.379 e. The van der Waals surface area contributed by atoms with Crippen molar-refractivity contribution in [2.24, 2.45) is 0 Å². The van der Waals surface area contributed by atoms with Crippen molar-refractivity contribution >= 4 is 23.4 Å². The van der Waals surface area contributed by atoms with E-state index in [0.29, 0.717) is 5.02 Å². The lowest BCUT2D eigenvalue weighted by Gasteiger charge is -2.07. The summed E-state index contributed by atoms with van der Waals surface area (Å²) in [5.41, 5.74) is 0.911. The van der Waals surface area contributed by atoms with Crippen LogP contribution in [0.1, 0.15) is 10.4 Å². The second-order valence-corrected chi connectivity index (χ2v) is 5.43. The van der Waals surface area contributed by atoms with Gasteiger partial charge in [0.05, 0.1) is 18.4 Å². The summed E-state index contributed by atoms with van der Waals surface area (Å²) in [5, 5.41) is 4.92. The Balaban J connectivity index is 1.85. The number of aromatic nitrogens is 2. The third-order valence-corrected chi connectivity index (χ3v) is 3.62. The van der Waals surface area contributed by atoms with Crippen molar-refractivity contribution in [2.45, 2.75) is 0 Å². The first-order valence-electron chi connectivity index (χ1n) is 7.29. The number of esters is 1. The van der Waals surface area contributed by atoms with E-state index in [1.54, 1.807) is 47.3 Å². The zero-order valence-corrected chi connectivity index (χ0v) is 13.9. The van der Waals surface area contributed by atoms with E-state index < -0.39 is 11.8 Å². The van der Waals surface area contributed by atoms with Gasteiger partial charge < -0.3 is 9.47 Å². The number of hydrogen-bond donors (Lipinski definition) is 0. The summed E-state index contributed by atoms with van der Waals surface area (Å²) in [5.74, 6) is -1.24. The van der Waals surface area contributed by atoms with Crippen molar-refractivity contribution in [2.75, 3.05) is 7.11 Å². The van der Waals surface area contributed by atoms with Crippen molar-refractivity contribution in [3.63, 3.8) is 0 Å². The fourth-order valence-corrected chi connectivity index (χ4v) is 2.28. The standard InChI is InChI=1S/C18H13ClN2O4/c1-24-18(23)17(22)14-4-2-3-5-15(14)25-16-10-11-21(20-16)13-8-6-12(19)7-9-13/h2-11H,1H3. The highest BCUT2D eigenvalue weighted by molar-refractivity contribution is 6.41. The predicted molar refractivity (Wildman–Crippen MR) is 91.4 cm³/mol. The highest BCUT2D eigenvalue weighted by atomic mass is 35.5. The number of nitrogens with zero attached hydrogens (tertiary/aromatic N) is 2. The molecule has 0 atom stereocenters. The molecule has 0 N–H and O–H groups in total. The Bertz CT molecular complexity index is 919. The van der Waals surface area contributed by atoms with Crippen molar-refractivity contribution < 1.29 is 19.1 Å². The smallest absolute Gasteiger partial charge is 0.379 e. The molecule has 0 saturated carbocycles. The van der Waals surface area contributed by atoms with Crippen LogP contribution < -0.4 is 4.74 Å². The second kappa shape index (κ2) is 7.19. The average Bonchev–Trinajstić information content (AvgIpc) is 3.10. The van der Waals surface area contributed by atoms with E-state index >= 15 is 0 Å². The van der Waals surface area contributed by atoms with Crippen LogP contribution in [0.5, 0.6) is 11.6 Å². The second-order valence-electron chi connectivity index (χ2n) is 4.99. The average molecular weight is 357 g/mol. The number of ether oxygens (including phenoxy) is 2. The summed E-state index contributed by atoms with van der Waals surface area (Å²) in [7, 11) is 1.15. The van der Waals surface area contributed by atoms with Gasteiger partial charge in [0.25, 0.3) is 5.78 Å². The van der Waals surface area contributed by atoms with Crippen LogP contribution in [0.3, 0.4) is 0 Å². The lowest BCUT2D eigenvalue weighted by Crippen LogP contribution is -2.16. The van der Waals surface area contributed by atoms with E-state index in [9.17, 15) is 9.59 Å². The molecule has 7 heteroatoms. The summed E-state index contributed by atoms with van der Waals surface area (Å²) in [6.07, 6.45) is 1.71. The Morgan fingerprint density at radius 3 is 2.48 bits per heavy atom. The van der Waals surface area contributed by atoms with Crippen LogP contribution in [0, 0.1) is 0 Å². The van der Waals surface area contributed by atoms with Gasteiger partial charge in [0.2, 0.25) is 5.88 Å². The number of methoxy groups -OCH3 is 1. The Kier molecular flexibility index (Phi) is 4.81. The Hall–Kier alpha value is -3.12. The molecule has 25 heavy (non-hydrogen) atoms. The molecule has 0 unspecified atom stereocenters. The monoisotopic (exact) mass is 356 g/mol. The van der Waals surface area contributed by atoms with Crippen LogP contribution in [0.4, 0.5) is 0 Å². The molecule has 0 spiro atoms. The molecule has 0 aliphatic heterocycles. The molecular weight excluding hydrogens is 344 g/mol. The summed E-state index contributed by atoms with van der Waals surface area (Å²) >= 11 is 5.87. The van der Waals surface area contributed by atoms with Crippen LogP contribution in [0.25, 0.3) is 5.69 Å². The molecule has 6 nitrogen and oxygen atoms in total. The molecule has 126 valence electrons. The van der Waals surface area contributed by atoms with Gasteiger partial charge in [-0.25, -0.2) is 9.48 Å². The number of hydrogen-bond acceptors (Lipinski definition) is 5. The summed E-state index contributed by atoms with van der Waals surface area (Å²) in [6, 6.07) is 15.2. The zero-order valence-electron chi connectivity index (χ0n) is 13.2. The van der Waals surface area contributed by atoms with Crippen LogP contribution in [-0.4, -0.2) is 28.6 Å². The van der Waals surface area contributed by atoms with Crippen molar-refractivity contribution in [1.82, 2.24) is 9.78 Å². The summed E-state index contributed by atoms with van der Waals surface area (Å²) in [6.45, 7) is 0. The minimum absolute atomic E-state index is 0.107. The van der Waals surface area contributed by atoms with Gasteiger partial charge in [0, 0.05) is 17.3 Å². The number of ketones is 1. The fourth-order valence-electron chi connectivity index (χ4n) is 2.16. The third kappa shape index (κ3) is 3.70. The van der Waals surface area contributed by atoms with Crippen molar-refractivity contribution in [3.05, 3.63) is 71.4 Å². The molecule has 1 aromatic heterocycles. The van der Waals surface area contributed by atoms with E-state index in [1.807, 2.05) is 12.1 Å². The van der Waals surface area contributed by atoms with Crippen LogP contribution >= 0.6 is 11.6 Å². The number of halogens is 1. The predicted octanol–water partition coefficient (Wildman–Crippen LogP) is 3.67. The maximum absolute atomic E-state index is 12.1. The highest BCUT2D eigenvalue weighted by Gasteiger charge is 2.21. The topological polar surface area (TPSA) is 70.4 Å². The number of carbonyl (C=O) groups is 2. The third-order valence-electron chi connectivity index (χ3n) is 3.37. The Labute approximate surface area is 148 Å².